The number of piperidine rings is 1. The Bertz CT molecular complexity index is 339. The first kappa shape index (κ1) is 18.4. The highest BCUT2D eigenvalue weighted by Crippen LogP contribution is 2.35. The number of carbonyl (C=O) groups is 1. The maximum absolute atomic E-state index is 11.9. The van der Waals surface area contributed by atoms with E-state index < -0.39 is 5.54 Å². The minimum Gasteiger partial charge on any atom is -0.465 e. The van der Waals surface area contributed by atoms with E-state index in [1.54, 1.807) is 6.92 Å². The molecule has 1 aliphatic heterocycles. The molecule has 4 nitrogen and oxygen atoms in total. The van der Waals surface area contributed by atoms with Crippen molar-refractivity contribution < 1.29 is 9.53 Å². The summed E-state index contributed by atoms with van der Waals surface area (Å²) in [6.07, 6.45) is 3.11. The summed E-state index contributed by atoms with van der Waals surface area (Å²) in [6.45, 7) is 15.3. The van der Waals surface area contributed by atoms with E-state index in [2.05, 4.69) is 32.6 Å². The van der Waals surface area contributed by atoms with Crippen LogP contribution in [0.25, 0.3) is 0 Å². The Labute approximate surface area is 130 Å². The Balaban J connectivity index is 2.51. The van der Waals surface area contributed by atoms with Gasteiger partial charge in [0.05, 0.1) is 6.61 Å². The standard InChI is InChI=1S/C17H34N2O2/c1-7-21-15(20)17(6,18)12-13(2)19-10-8-14(9-11-19)16(3,4)5/h13-14H,7-12,18H2,1-6H3. The Kier molecular flexibility index (Phi) is 6.23. The number of nitrogens with two attached hydrogens (primary N) is 1. The molecule has 0 saturated carbocycles. The zero-order valence-electron chi connectivity index (χ0n) is 14.7. The molecule has 0 spiro atoms. The Hall–Kier alpha value is -0.610. The number of nitrogens with zero attached hydrogens (tertiary/aromatic N) is 1. The van der Waals surface area contributed by atoms with Crippen LogP contribution in [0.4, 0.5) is 0 Å². The van der Waals surface area contributed by atoms with Crippen LogP contribution in [0.2, 0.25) is 0 Å². The molecule has 124 valence electrons. The van der Waals surface area contributed by atoms with E-state index in [-0.39, 0.29) is 5.97 Å². The first-order chi connectivity index (χ1) is 9.58. The van der Waals surface area contributed by atoms with Crippen molar-refractivity contribution in [3.05, 3.63) is 0 Å². The van der Waals surface area contributed by atoms with E-state index in [4.69, 9.17) is 10.5 Å². The van der Waals surface area contributed by atoms with Crippen LogP contribution in [0.1, 0.15) is 60.8 Å². The molecule has 2 N–H and O–H groups in total. The van der Waals surface area contributed by atoms with Gasteiger partial charge in [0, 0.05) is 6.04 Å². The molecule has 4 heteroatoms. The molecule has 1 aliphatic rings. The summed E-state index contributed by atoms with van der Waals surface area (Å²) in [7, 11) is 0. The van der Waals surface area contributed by atoms with Crippen LogP contribution in [0.5, 0.6) is 0 Å². The van der Waals surface area contributed by atoms with Crippen LogP contribution in [0.3, 0.4) is 0 Å². The van der Waals surface area contributed by atoms with E-state index in [1.165, 1.54) is 12.8 Å². The summed E-state index contributed by atoms with van der Waals surface area (Å²) in [5, 5.41) is 0. The van der Waals surface area contributed by atoms with E-state index in [1.807, 2.05) is 6.92 Å². The first-order valence-corrected chi connectivity index (χ1v) is 8.28. The van der Waals surface area contributed by atoms with Crippen molar-refractivity contribution in [2.45, 2.75) is 72.4 Å². The molecule has 1 fully saturated rings. The predicted molar refractivity (Wildman–Crippen MR) is 87.1 cm³/mol. The van der Waals surface area contributed by atoms with Gasteiger partial charge in [-0.05, 0) is 64.5 Å². The van der Waals surface area contributed by atoms with Gasteiger partial charge in [0.25, 0.3) is 0 Å². The molecule has 0 amide bonds. The molecular formula is C17H34N2O2. The highest BCUT2D eigenvalue weighted by Gasteiger charge is 2.35. The minimum atomic E-state index is -0.893. The third kappa shape index (κ3) is 5.26. The summed E-state index contributed by atoms with van der Waals surface area (Å²) >= 11 is 0. The molecule has 0 bridgehead atoms. The quantitative estimate of drug-likeness (QED) is 0.793. The van der Waals surface area contributed by atoms with Gasteiger partial charge in [-0.2, -0.15) is 0 Å². The number of likely N-dealkylation sites (tertiary alicyclic amines) is 1. The molecule has 1 rings (SSSR count). The van der Waals surface area contributed by atoms with Gasteiger partial charge >= 0.3 is 5.97 Å². The predicted octanol–water partition coefficient (Wildman–Crippen LogP) is 2.80. The van der Waals surface area contributed by atoms with E-state index in [9.17, 15) is 4.79 Å². The van der Waals surface area contributed by atoms with Gasteiger partial charge in [-0.15, -0.1) is 0 Å². The van der Waals surface area contributed by atoms with Crippen molar-refractivity contribution in [1.82, 2.24) is 4.90 Å². The lowest BCUT2D eigenvalue weighted by atomic mass is 9.75. The van der Waals surface area contributed by atoms with Gasteiger partial charge in [-0.1, -0.05) is 20.8 Å². The maximum Gasteiger partial charge on any atom is 0.325 e. The Morgan fingerprint density at radius 3 is 2.24 bits per heavy atom. The van der Waals surface area contributed by atoms with Crippen LogP contribution in [-0.4, -0.2) is 42.1 Å². The smallest absolute Gasteiger partial charge is 0.325 e. The lowest BCUT2D eigenvalue weighted by Crippen LogP contribution is -2.52. The molecule has 0 aromatic rings. The molecular weight excluding hydrogens is 264 g/mol. The molecule has 2 atom stereocenters. The fraction of sp³-hybridized carbons (Fsp3) is 0.941. The number of hydrogen-bond donors (Lipinski definition) is 1. The average Bonchev–Trinajstić information content (AvgIpc) is 2.37. The van der Waals surface area contributed by atoms with Crippen molar-refractivity contribution in [1.29, 1.82) is 0 Å². The number of rotatable bonds is 5. The number of carbonyl (C=O) groups excluding carboxylic acids is 1. The van der Waals surface area contributed by atoms with E-state index in [0.717, 1.165) is 19.0 Å². The normalized spacial score (nSPS) is 22.6. The fourth-order valence-electron chi connectivity index (χ4n) is 3.33. The second-order valence-electron chi connectivity index (χ2n) is 7.87. The molecule has 2 unspecified atom stereocenters. The maximum atomic E-state index is 11.9. The van der Waals surface area contributed by atoms with Gasteiger partial charge in [0.1, 0.15) is 5.54 Å². The van der Waals surface area contributed by atoms with Gasteiger partial charge in [0.15, 0.2) is 0 Å². The molecule has 0 aromatic carbocycles. The summed E-state index contributed by atoms with van der Waals surface area (Å²) < 4.78 is 5.07. The van der Waals surface area contributed by atoms with Crippen LogP contribution >= 0.6 is 0 Å². The third-order valence-electron chi connectivity index (χ3n) is 4.84. The topological polar surface area (TPSA) is 55.6 Å². The van der Waals surface area contributed by atoms with E-state index in [0.29, 0.717) is 24.5 Å². The van der Waals surface area contributed by atoms with Gasteiger partial charge in [0.2, 0.25) is 0 Å². The largest absolute Gasteiger partial charge is 0.465 e. The number of ether oxygens (including phenoxy) is 1. The van der Waals surface area contributed by atoms with Crippen molar-refractivity contribution in [2.24, 2.45) is 17.1 Å². The van der Waals surface area contributed by atoms with Crippen LogP contribution in [0.15, 0.2) is 0 Å². The summed E-state index contributed by atoms with van der Waals surface area (Å²) in [5.41, 5.74) is 5.65. The minimum absolute atomic E-state index is 0.290. The zero-order valence-corrected chi connectivity index (χ0v) is 14.7. The van der Waals surface area contributed by atoms with Crippen molar-refractivity contribution >= 4 is 5.97 Å². The zero-order chi connectivity index (χ0) is 16.3. The lowest BCUT2D eigenvalue weighted by molar-refractivity contribution is -0.149. The molecule has 21 heavy (non-hydrogen) atoms. The highest BCUT2D eigenvalue weighted by atomic mass is 16.5. The van der Waals surface area contributed by atoms with Crippen LogP contribution < -0.4 is 5.73 Å². The number of hydrogen-bond acceptors (Lipinski definition) is 4. The molecule has 0 aliphatic carbocycles. The van der Waals surface area contributed by atoms with Gasteiger partial charge < -0.3 is 15.4 Å². The van der Waals surface area contributed by atoms with Crippen molar-refractivity contribution in [2.75, 3.05) is 19.7 Å². The van der Waals surface area contributed by atoms with Gasteiger partial charge in [-0.3, -0.25) is 4.79 Å². The van der Waals surface area contributed by atoms with Gasteiger partial charge in [-0.25, -0.2) is 0 Å². The molecule has 0 aromatic heterocycles. The second kappa shape index (κ2) is 7.10. The molecule has 0 radical (unpaired) electrons. The monoisotopic (exact) mass is 298 g/mol. The van der Waals surface area contributed by atoms with Crippen LogP contribution in [0, 0.1) is 11.3 Å². The van der Waals surface area contributed by atoms with E-state index >= 15 is 0 Å². The third-order valence-corrected chi connectivity index (χ3v) is 4.84. The summed E-state index contributed by atoms with van der Waals surface area (Å²) in [4.78, 5) is 14.4. The summed E-state index contributed by atoms with van der Waals surface area (Å²) in [5.74, 6) is 0.497. The average molecular weight is 298 g/mol. The summed E-state index contributed by atoms with van der Waals surface area (Å²) in [6, 6.07) is 0.310. The number of esters is 1. The Morgan fingerprint density at radius 1 is 1.29 bits per heavy atom. The molecule has 1 saturated heterocycles. The van der Waals surface area contributed by atoms with Crippen LogP contribution in [-0.2, 0) is 9.53 Å². The first-order valence-electron chi connectivity index (χ1n) is 8.28. The lowest BCUT2D eigenvalue weighted by Gasteiger charge is -2.42. The fourth-order valence-corrected chi connectivity index (χ4v) is 3.33. The van der Waals surface area contributed by atoms with Crippen molar-refractivity contribution in [3.63, 3.8) is 0 Å². The Morgan fingerprint density at radius 2 is 1.81 bits per heavy atom. The second-order valence-corrected chi connectivity index (χ2v) is 7.87. The molecule has 1 heterocycles. The van der Waals surface area contributed by atoms with Crippen molar-refractivity contribution in [3.8, 4) is 0 Å². The SMILES string of the molecule is CCOC(=O)C(C)(N)CC(C)N1CCC(C(C)(C)C)CC1. The highest BCUT2D eigenvalue weighted by molar-refractivity contribution is 5.80.